The summed E-state index contributed by atoms with van der Waals surface area (Å²) in [5, 5.41) is 0. The Kier molecular flexibility index (Phi) is 6.33. The molecule has 0 atom stereocenters. The number of nitrogens with zero attached hydrogens (tertiary/aromatic N) is 3. The fourth-order valence-corrected chi connectivity index (χ4v) is 2.70. The van der Waals surface area contributed by atoms with Crippen LogP contribution in [-0.2, 0) is 13.6 Å². The van der Waals surface area contributed by atoms with Gasteiger partial charge in [-0.15, -0.1) is 0 Å². The standard InChI is InChI=1S/C18H12N3O6P/c22-16(13-4-1-7-19-10-13)25-28(26-17(23)14-5-2-8-20-11-14)27-18(24)15-6-3-9-21-12-15/h1-12H. The van der Waals surface area contributed by atoms with Crippen LogP contribution in [0.5, 0.6) is 0 Å². The summed E-state index contributed by atoms with van der Waals surface area (Å²) < 4.78 is 15.2. The third-order valence-corrected chi connectivity index (χ3v) is 4.11. The Labute approximate surface area is 160 Å². The van der Waals surface area contributed by atoms with Crippen LogP contribution in [0.15, 0.2) is 73.6 Å². The molecule has 0 spiro atoms. The second kappa shape index (κ2) is 9.29. The zero-order valence-corrected chi connectivity index (χ0v) is 15.1. The first-order valence-electron chi connectivity index (χ1n) is 7.80. The zero-order chi connectivity index (χ0) is 19.8. The number of carbonyl (C=O) groups excluding carboxylic acids is 3. The summed E-state index contributed by atoms with van der Waals surface area (Å²) in [6, 6.07) is 8.95. The molecule has 0 aliphatic heterocycles. The van der Waals surface area contributed by atoms with Gasteiger partial charge in [-0.1, -0.05) is 0 Å². The highest BCUT2D eigenvalue weighted by Gasteiger charge is 2.29. The maximum atomic E-state index is 12.2. The van der Waals surface area contributed by atoms with Crippen molar-refractivity contribution in [2.24, 2.45) is 0 Å². The quantitative estimate of drug-likeness (QED) is 0.578. The van der Waals surface area contributed by atoms with Gasteiger partial charge in [-0.3, -0.25) is 15.0 Å². The van der Waals surface area contributed by atoms with Crippen LogP contribution in [0.25, 0.3) is 0 Å². The van der Waals surface area contributed by atoms with E-state index in [0.717, 1.165) is 0 Å². The van der Waals surface area contributed by atoms with E-state index in [-0.39, 0.29) is 16.7 Å². The molecule has 3 rings (SSSR count). The van der Waals surface area contributed by atoms with E-state index in [1.54, 1.807) is 0 Å². The van der Waals surface area contributed by atoms with E-state index in [9.17, 15) is 14.4 Å². The van der Waals surface area contributed by atoms with E-state index >= 15 is 0 Å². The van der Waals surface area contributed by atoms with Crippen LogP contribution in [0.3, 0.4) is 0 Å². The first-order valence-corrected chi connectivity index (χ1v) is 8.90. The summed E-state index contributed by atoms with van der Waals surface area (Å²) in [4.78, 5) is 48.1. The number of pyridine rings is 3. The monoisotopic (exact) mass is 397 g/mol. The first kappa shape index (κ1) is 19.1. The molecule has 0 bridgehead atoms. The topological polar surface area (TPSA) is 118 Å². The molecule has 3 heterocycles. The van der Waals surface area contributed by atoms with Crippen LogP contribution in [0.1, 0.15) is 31.1 Å². The molecule has 0 aliphatic carbocycles. The average molecular weight is 397 g/mol. The van der Waals surface area contributed by atoms with Crippen molar-refractivity contribution in [2.45, 2.75) is 0 Å². The molecule has 0 unspecified atom stereocenters. The third kappa shape index (κ3) is 5.15. The van der Waals surface area contributed by atoms with Gasteiger partial charge in [0.15, 0.2) is 0 Å². The van der Waals surface area contributed by atoms with Crippen LogP contribution in [-0.4, -0.2) is 32.9 Å². The van der Waals surface area contributed by atoms with Gasteiger partial charge in [0.2, 0.25) is 0 Å². The molecule has 28 heavy (non-hydrogen) atoms. The number of hydrogen-bond donors (Lipinski definition) is 0. The number of aromatic nitrogens is 3. The Bertz CT molecular complexity index is 830. The fourth-order valence-electron chi connectivity index (χ4n) is 1.87. The first-order chi connectivity index (χ1) is 13.6. The van der Waals surface area contributed by atoms with E-state index in [1.165, 1.54) is 73.6 Å². The van der Waals surface area contributed by atoms with Crippen LogP contribution >= 0.6 is 8.60 Å². The van der Waals surface area contributed by atoms with Gasteiger partial charge < -0.3 is 13.6 Å². The number of hydrogen-bond acceptors (Lipinski definition) is 9. The van der Waals surface area contributed by atoms with E-state index in [2.05, 4.69) is 15.0 Å². The second-order valence-electron chi connectivity index (χ2n) is 5.08. The van der Waals surface area contributed by atoms with E-state index < -0.39 is 26.5 Å². The van der Waals surface area contributed by atoms with Crippen molar-refractivity contribution in [3.8, 4) is 0 Å². The molecule has 0 fully saturated rings. The van der Waals surface area contributed by atoms with Crippen molar-refractivity contribution >= 4 is 26.5 Å². The Morgan fingerprint density at radius 3 is 1.18 bits per heavy atom. The summed E-state index contributed by atoms with van der Waals surface area (Å²) in [7, 11) is -2.68. The maximum Gasteiger partial charge on any atom is 0.537 e. The molecule has 3 aromatic heterocycles. The van der Waals surface area contributed by atoms with E-state index in [1.807, 2.05) is 0 Å². The molecule has 0 amide bonds. The minimum Gasteiger partial charge on any atom is -0.371 e. The van der Waals surface area contributed by atoms with Gasteiger partial charge in [-0.25, -0.2) is 14.4 Å². The number of carbonyl (C=O) groups is 3. The Hall–Kier alpha value is -3.71. The number of rotatable bonds is 6. The molecular weight excluding hydrogens is 385 g/mol. The Morgan fingerprint density at radius 2 is 0.929 bits per heavy atom. The van der Waals surface area contributed by atoms with Crippen molar-refractivity contribution < 1.29 is 28.0 Å². The predicted molar refractivity (Wildman–Crippen MR) is 95.9 cm³/mol. The van der Waals surface area contributed by atoms with Crippen LogP contribution in [0, 0.1) is 0 Å². The van der Waals surface area contributed by atoms with E-state index in [4.69, 9.17) is 13.6 Å². The van der Waals surface area contributed by atoms with Crippen LogP contribution in [0.4, 0.5) is 0 Å². The highest BCUT2D eigenvalue weighted by atomic mass is 31.2. The molecule has 10 heteroatoms. The smallest absolute Gasteiger partial charge is 0.371 e. The van der Waals surface area contributed by atoms with Crippen molar-refractivity contribution in [3.05, 3.63) is 90.3 Å². The molecule has 0 saturated carbocycles. The molecule has 0 saturated heterocycles. The highest BCUT2D eigenvalue weighted by molar-refractivity contribution is 7.43. The fraction of sp³-hybridized carbons (Fsp3) is 0. The summed E-state index contributed by atoms with van der Waals surface area (Å²) in [6.45, 7) is 0. The molecule has 0 radical (unpaired) electrons. The minimum atomic E-state index is -2.68. The minimum absolute atomic E-state index is 0.102. The molecule has 3 aromatic rings. The zero-order valence-electron chi connectivity index (χ0n) is 14.2. The molecule has 9 nitrogen and oxygen atoms in total. The van der Waals surface area contributed by atoms with Gasteiger partial charge >= 0.3 is 26.5 Å². The summed E-state index contributed by atoms with van der Waals surface area (Å²) in [5.41, 5.74) is 0.305. The van der Waals surface area contributed by atoms with Crippen molar-refractivity contribution in [3.63, 3.8) is 0 Å². The lowest BCUT2D eigenvalue weighted by molar-refractivity contribution is 0.0547. The SMILES string of the molecule is O=C(OP(OC(=O)c1cccnc1)OC(=O)c1cccnc1)c1cccnc1. The molecular formula is C18H12N3O6P. The lowest BCUT2D eigenvalue weighted by Crippen LogP contribution is -2.12. The van der Waals surface area contributed by atoms with Gasteiger partial charge in [0.1, 0.15) is 0 Å². The van der Waals surface area contributed by atoms with Gasteiger partial charge in [-0.2, -0.15) is 0 Å². The Balaban J connectivity index is 1.76. The highest BCUT2D eigenvalue weighted by Crippen LogP contribution is 2.42. The maximum absolute atomic E-state index is 12.2. The lowest BCUT2D eigenvalue weighted by atomic mass is 10.3. The van der Waals surface area contributed by atoms with Gasteiger partial charge in [-0.05, 0) is 36.4 Å². The molecule has 0 aliphatic rings. The largest absolute Gasteiger partial charge is 0.537 e. The summed E-state index contributed by atoms with van der Waals surface area (Å²) in [5.74, 6) is -2.59. The molecule has 0 N–H and O–H groups in total. The summed E-state index contributed by atoms with van der Waals surface area (Å²) >= 11 is 0. The second-order valence-corrected chi connectivity index (χ2v) is 6.08. The van der Waals surface area contributed by atoms with Crippen molar-refractivity contribution in [1.82, 2.24) is 15.0 Å². The van der Waals surface area contributed by atoms with Gasteiger partial charge in [0, 0.05) is 37.2 Å². The normalized spacial score (nSPS) is 10.2. The molecule has 140 valence electrons. The Morgan fingerprint density at radius 1 is 0.607 bits per heavy atom. The van der Waals surface area contributed by atoms with Crippen LogP contribution in [0.2, 0.25) is 0 Å². The lowest BCUT2D eigenvalue weighted by Gasteiger charge is -2.14. The average Bonchev–Trinajstić information content (AvgIpc) is 2.75. The van der Waals surface area contributed by atoms with Gasteiger partial charge in [0.25, 0.3) is 0 Å². The predicted octanol–water partition coefficient (Wildman–Crippen LogP) is 2.97. The van der Waals surface area contributed by atoms with Crippen LogP contribution < -0.4 is 0 Å². The van der Waals surface area contributed by atoms with Gasteiger partial charge in [0.05, 0.1) is 16.7 Å². The van der Waals surface area contributed by atoms with Crippen molar-refractivity contribution in [2.75, 3.05) is 0 Å². The third-order valence-electron chi connectivity index (χ3n) is 3.16. The van der Waals surface area contributed by atoms with Crippen molar-refractivity contribution in [1.29, 1.82) is 0 Å². The molecule has 0 aromatic carbocycles. The summed E-state index contributed by atoms with van der Waals surface area (Å²) in [6.07, 6.45) is 8.23. The van der Waals surface area contributed by atoms with E-state index in [0.29, 0.717) is 0 Å².